The summed E-state index contributed by atoms with van der Waals surface area (Å²) >= 11 is 0. The van der Waals surface area contributed by atoms with Crippen LogP contribution < -0.4 is 0 Å². The Labute approximate surface area is 197 Å². The molecule has 2 heterocycles. The highest BCUT2D eigenvalue weighted by molar-refractivity contribution is 6.06. The molecule has 0 spiro atoms. The van der Waals surface area contributed by atoms with E-state index < -0.39 is 0 Å². The third kappa shape index (κ3) is 3.23. The summed E-state index contributed by atoms with van der Waals surface area (Å²) in [6.07, 6.45) is 1.83. The molecule has 0 radical (unpaired) electrons. The normalized spacial score (nSPS) is 11.3. The predicted octanol–water partition coefficient (Wildman–Crippen LogP) is 7.31. The molecule has 34 heavy (non-hydrogen) atoms. The molecule has 4 heteroatoms. The molecule has 6 aromatic rings. The van der Waals surface area contributed by atoms with E-state index in [1.54, 1.807) is 6.07 Å². The third-order valence-electron chi connectivity index (χ3n) is 6.35. The number of para-hydroxylation sites is 2. The zero-order chi connectivity index (χ0) is 23.1. The van der Waals surface area contributed by atoms with Crippen molar-refractivity contribution in [3.8, 4) is 39.5 Å². The smallest absolute Gasteiger partial charge is 0.144 e. The second-order valence-electron chi connectivity index (χ2n) is 8.33. The van der Waals surface area contributed by atoms with Gasteiger partial charge in [-0.15, -0.1) is 0 Å². The fourth-order valence-corrected chi connectivity index (χ4v) is 4.77. The maximum atomic E-state index is 10.5. The summed E-state index contributed by atoms with van der Waals surface area (Å²) in [6, 6.07) is 32.5. The van der Waals surface area contributed by atoms with Crippen LogP contribution in [-0.2, 0) is 6.54 Å². The van der Waals surface area contributed by atoms with Crippen molar-refractivity contribution in [2.24, 2.45) is 0 Å². The van der Waals surface area contributed by atoms with Crippen LogP contribution in [0.15, 0.2) is 103 Å². The van der Waals surface area contributed by atoms with Gasteiger partial charge in [0.15, 0.2) is 0 Å². The summed E-state index contributed by atoms with van der Waals surface area (Å²) in [6.45, 7) is 2.85. The van der Waals surface area contributed by atoms with Crippen LogP contribution in [0.5, 0.6) is 5.75 Å². The first-order valence-corrected chi connectivity index (χ1v) is 11.5. The van der Waals surface area contributed by atoms with Crippen LogP contribution in [0.1, 0.15) is 6.92 Å². The minimum atomic E-state index is 0.233. The molecule has 0 aliphatic rings. The van der Waals surface area contributed by atoms with Gasteiger partial charge in [-0.05, 0) is 65.7 Å². The Bertz CT molecular complexity index is 1650. The van der Waals surface area contributed by atoms with Gasteiger partial charge in [0.1, 0.15) is 11.6 Å². The first-order chi connectivity index (χ1) is 16.7. The number of hydrogen-bond acceptors (Lipinski definition) is 3. The minimum absolute atomic E-state index is 0.233. The molecule has 164 valence electrons. The fraction of sp³-hybridized carbons (Fsp3) is 0.0667. The first kappa shape index (κ1) is 20.2. The average Bonchev–Trinajstić information content (AvgIpc) is 3.27. The molecule has 0 saturated carbocycles. The zero-order valence-corrected chi connectivity index (χ0v) is 18.8. The Kier molecular flexibility index (Phi) is 4.84. The quantitative estimate of drug-likeness (QED) is 0.312. The van der Waals surface area contributed by atoms with Crippen LogP contribution in [-0.4, -0.2) is 19.6 Å². The topological polar surface area (TPSA) is 50.9 Å². The van der Waals surface area contributed by atoms with E-state index in [0.29, 0.717) is 0 Å². The molecule has 0 aliphatic carbocycles. The summed E-state index contributed by atoms with van der Waals surface area (Å²) in [4.78, 5) is 9.67. The van der Waals surface area contributed by atoms with Gasteiger partial charge in [0.2, 0.25) is 0 Å². The highest BCUT2D eigenvalue weighted by Gasteiger charge is 2.18. The van der Waals surface area contributed by atoms with Gasteiger partial charge in [-0.25, -0.2) is 4.98 Å². The second-order valence-corrected chi connectivity index (χ2v) is 8.33. The summed E-state index contributed by atoms with van der Waals surface area (Å²) in [5, 5.41) is 12.9. The van der Waals surface area contributed by atoms with Crippen molar-refractivity contribution in [2.75, 3.05) is 0 Å². The molecular weight excluding hydrogens is 418 g/mol. The van der Waals surface area contributed by atoms with E-state index in [0.717, 1.165) is 56.7 Å². The SMILES string of the molecule is CCn1c(-c2ccccc2O)nc2c(-c3cc(-c4ccccn4)cc4ccccc34)cccc21. The largest absolute Gasteiger partial charge is 0.507 e. The number of aromatic nitrogens is 3. The molecule has 0 fully saturated rings. The number of aromatic hydroxyl groups is 1. The van der Waals surface area contributed by atoms with Crippen LogP contribution in [0.25, 0.3) is 55.6 Å². The molecule has 1 N–H and O–H groups in total. The van der Waals surface area contributed by atoms with Crippen molar-refractivity contribution in [3.63, 3.8) is 0 Å². The highest BCUT2D eigenvalue weighted by Crippen LogP contribution is 2.39. The third-order valence-corrected chi connectivity index (χ3v) is 6.35. The van der Waals surface area contributed by atoms with Gasteiger partial charge >= 0.3 is 0 Å². The standard InChI is InChI=1S/C30H23N3O/c1-2-33-27-15-9-13-23(29(27)32-30(33)24-12-5-6-16-28(24)34)25-19-21(26-14-7-8-17-31-26)18-20-10-3-4-11-22(20)25/h3-19,34H,2H2,1H3. The molecule has 0 unspecified atom stereocenters. The van der Waals surface area contributed by atoms with Gasteiger partial charge in [0.05, 0.1) is 22.3 Å². The maximum Gasteiger partial charge on any atom is 0.144 e. The van der Waals surface area contributed by atoms with Gasteiger partial charge in [-0.3, -0.25) is 4.98 Å². The molecule has 0 aliphatic heterocycles. The van der Waals surface area contributed by atoms with E-state index in [2.05, 4.69) is 71.1 Å². The maximum absolute atomic E-state index is 10.5. The fourth-order valence-electron chi connectivity index (χ4n) is 4.77. The zero-order valence-electron chi connectivity index (χ0n) is 18.8. The number of aryl methyl sites for hydroxylation is 1. The monoisotopic (exact) mass is 441 g/mol. The van der Waals surface area contributed by atoms with E-state index in [4.69, 9.17) is 4.98 Å². The number of phenolic OH excluding ortho intramolecular Hbond substituents is 1. The van der Waals surface area contributed by atoms with Crippen LogP contribution >= 0.6 is 0 Å². The highest BCUT2D eigenvalue weighted by atomic mass is 16.3. The molecule has 0 bridgehead atoms. The molecule has 2 aromatic heterocycles. The summed E-state index contributed by atoms with van der Waals surface area (Å²) in [5.74, 6) is 1.00. The van der Waals surface area contributed by atoms with Gasteiger partial charge in [-0.1, -0.05) is 54.6 Å². The van der Waals surface area contributed by atoms with Gasteiger partial charge in [-0.2, -0.15) is 0 Å². The summed E-state index contributed by atoms with van der Waals surface area (Å²) in [7, 11) is 0. The first-order valence-electron chi connectivity index (χ1n) is 11.5. The lowest BCUT2D eigenvalue weighted by Crippen LogP contribution is -1.97. The molecular formula is C30H23N3O. The summed E-state index contributed by atoms with van der Waals surface area (Å²) in [5.41, 5.74) is 6.90. The Morgan fingerprint density at radius 2 is 1.56 bits per heavy atom. The Hall–Kier alpha value is -4.44. The van der Waals surface area contributed by atoms with Crippen molar-refractivity contribution in [1.82, 2.24) is 14.5 Å². The number of imidazole rings is 1. The van der Waals surface area contributed by atoms with E-state index in [1.165, 1.54) is 5.39 Å². The van der Waals surface area contributed by atoms with E-state index in [-0.39, 0.29) is 5.75 Å². The number of nitrogens with zero attached hydrogens (tertiary/aromatic N) is 3. The van der Waals surface area contributed by atoms with Crippen LogP contribution in [0.4, 0.5) is 0 Å². The van der Waals surface area contributed by atoms with E-state index in [9.17, 15) is 5.11 Å². The van der Waals surface area contributed by atoms with Gasteiger partial charge in [0.25, 0.3) is 0 Å². The van der Waals surface area contributed by atoms with Crippen molar-refractivity contribution < 1.29 is 5.11 Å². The van der Waals surface area contributed by atoms with Crippen LogP contribution in [0.3, 0.4) is 0 Å². The molecule has 0 saturated heterocycles. The van der Waals surface area contributed by atoms with Crippen molar-refractivity contribution in [2.45, 2.75) is 13.5 Å². The molecule has 0 atom stereocenters. The number of benzene rings is 4. The number of phenols is 1. The van der Waals surface area contributed by atoms with Crippen LogP contribution in [0, 0.1) is 0 Å². The number of hydrogen-bond donors (Lipinski definition) is 1. The van der Waals surface area contributed by atoms with Gasteiger partial charge in [0, 0.05) is 23.9 Å². The van der Waals surface area contributed by atoms with Crippen LogP contribution in [0.2, 0.25) is 0 Å². The Balaban J connectivity index is 1.66. The molecule has 0 amide bonds. The second kappa shape index (κ2) is 8.16. The molecule has 6 rings (SSSR count). The Morgan fingerprint density at radius 3 is 2.38 bits per heavy atom. The van der Waals surface area contributed by atoms with Crippen molar-refractivity contribution >= 4 is 21.8 Å². The number of fused-ring (bicyclic) bond motifs is 2. The van der Waals surface area contributed by atoms with E-state index in [1.807, 2.05) is 42.6 Å². The number of pyridine rings is 1. The van der Waals surface area contributed by atoms with Crippen molar-refractivity contribution in [1.29, 1.82) is 0 Å². The van der Waals surface area contributed by atoms with Gasteiger partial charge < -0.3 is 9.67 Å². The molecule has 4 nitrogen and oxygen atoms in total. The summed E-state index contributed by atoms with van der Waals surface area (Å²) < 4.78 is 2.17. The lowest BCUT2D eigenvalue weighted by molar-refractivity contribution is 0.476. The average molecular weight is 442 g/mol. The molecule has 4 aromatic carbocycles. The lowest BCUT2D eigenvalue weighted by atomic mass is 9.94. The minimum Gasteiger partial charge on any atom is -0.507 e. The number of rotatable bonds is 4. The van der Waals surface area contributed by atoms with Crippen molar-refractivity contribution in [3.05, 3.63) is 103 Å². The predicted molar refractivity (Wildman–Crippen MR) is 139 cm³/mol. The Morgan fingerprint density at radius 1 is 0.765 bits per heavy atom. The lowest BCUT2D eigenvalue weighted by Gasteiger charge is -2.12. The van der Waals surface area contributed by atoms with E-state index >= 15 is 0 Å².